The molecule has 0 radical (unpaired) electrons. The number of aliphatic hydroxyl groups excluding tert-OH is 1. The molecule has 0 spiro atoms. The van der Waals surface area contributed by atoms with Gasteiger partial charge in [0.1, 0.15) is 0 Å². The third-order valence-corrected chi connectivity index (χ3v) is 4.54. The number of aromatic nitrogens is 1. The van der Waals surface area contributed by atoms with E-state index in [1.807, 2.05) is 36.5 Å². The van der Waals surface area contributed by atoms with Crippen molar-refractivity contribution in [2.24, 2.45) is 0 Å². The van der Waals surface area contributed by atoms with Crippen LogP contribution in [0.4, 0.5) is 0 Å². The molecule has 0 saturated carbocycles. The lowest BCUT2D eigenvalue weighted by Gasteiger charge is -2.26. The van der Waals surface area contributed by atoms with Gasteiger partial charge in [0.05, 0.1) is 6.10 Å². The van der Waals surface area contributed by atoms with E-state index in [0.29, 0.717) is 12.6 Å². The summed E-state index contributed by atoms with van der Waals surface area (Å²) < 4.78 is 1.04. The standard InChI is InChI=1S/C16H19BrN2O/c17-13-7-5-12(6-8-13)16(20)11-19-10-2-4-15(19)14-3-1-9-18-14/h1,3,5-9,15-16,18,20H,2,4,10-11H2. The zero-order chi connectivity index (χ0) is 13.9. The van der Waals surface area contributed by atoms with E-state index in [1.165, 1.54) is 12.1 Å². The average Bonchev–Trinajstić information content (AvgIpc) is 3.09. The fraction of sp³-hybridized carbons (Fsp3) is 0.375. The van der Waals surface area contributed by atoms with Crippen LogP contribution in [0.3, 0.4) is 0 Å². The molecule has 1 fully saturated rings. The van der Waals surface area contributed by atoms with Gasteiger partial charge in [-0.2, -0.15) is 0 Å². The number of halogens is 1. The molecule has 1 aliphatic heterocycles. The summed E-state index contributed by atoms with van der Waals surface area (Å²) in [5.41, 5.74) is 2.23. The Labute approximate surface area is 127 Å². The second-order valence-electron chi connectivity index (χ2n) is 5.35. The Hall–Kier alpha value is -1.10. The smallest absolute Gasteiger partial charge is 0.0917 e. The third-order valence-electron chi connectivity index (χ3n) is 4.01. The van der Waals surface area contributed by atoms with Gasteiger partial charge >= 0.3 is 0 Å². The number of nitrogens with one attached hydrogen (secondary N) is 1. The topological polar surface area (TPSA) is 39.3 Å². The van der Waals surface area contributed by atoms with Gasteiger partial charge in [-0.25, -0.2) is 0 Å². The fourth-order valence-electron chi connectivity index (χ4n) is 2.96. The zero-order valence-electron chi connectivity index (χ0n) is 11.3. The summed E-state index contributed by atoms with van der Waals surface area (Å²) in [5.74, 6) is 0. The number of aliphatic hydroxyl groups is 1. The molecule has 2 unspecified atom stereocenters. The number of nitrogens with zero attached hydrogens (tertiary/aromatic N) is 1. The maximum absolute atomic E-state index is 10.4. The van der Waals surface area contributed by atoms with Gasteiger partial charge in [-0.15, -0.1) is 0 Å². The van der Waals surface area contributed by atoms with Crippen LogP contribution in [0, 0.1) is 0 Å². The molecule has 2 atom stereocenters. The minimum absolute atomic E-state index is 0.412. The first-order valence-electron chi connectivity index (χ1n) is 7.05. The number of aromatic amines is 1. The van der Waals surface area contributed by atoms with Crippen molar-refractivity contribution in [1.82, 2.24) is 9.88 Å². The largest absolute Gasteiger partial charge is 0.387 e. The van der Waals surface area contributed by atoms with Gasteiger partial charge in [-0.3, -0.25) is 4.90 Å². The van der Waals surface area contributed by atoms with Crippen molar-refractivity contribution in [1.29, 1.82) is 0 Å². The summed E-state index contributed by atoms with van der Waals surface area (Å²) in [6, 6.07) is 12.5. The maximum atomic E-state index is 10.4. The third kappa shape index (κ3) is 2.97. The van der Waals surface area contributed by atoms with E-state index >= 15 is 0 Å². The first kappa shape index (κ1) is 13.9. The molecule has 2 aromatic rings. The summed E-state index contributed by atoms with van der Waals surface area (Å²) in [6.07, 6.45) is 3.89. The van der Waals surface area contributed by atoms with Crippen molar-refractivity contribution in [2.45, 2.75) is 25.0 Å². The van der Waals surface area contributed by atoms with E-state index in [4.69, 9.17) is 0 Å². The van der Waals surface area contributed by atoms with Crippen LogP contribution in [-0.2, 0) is 0 Å². The number of hydrogen-bond acceptors (Lipinski definition) is 2. The number of hydrogen-bond donors (Lipinski definition) is 2. The van der Waals surface area contributed by atoms with Crippen LogP contribution in [0.5, 0.6) is 0 Å². The Kier molecular flexibility index (Phi) is 4.24. The SMILES string of the molecule is OC(CN1CCCC1c1ccc[nH]1)c1ccc(Br)cc1. The molecule has 20 heavy (non-hydrogen) atoms. The van der Waals surface area contributed by atoms with Crippen molar-refractivity contribution < 1.29 is 5.11 Å². The lowest BCUT2D eigenvalue weighted by Crippen LogP contribution is -2.28. The van der Waals surface area contributed by atoms with Gasteiger partial charge in [0.2, 0.25) is 0 Å². The van der Waals surface area contributed by atoms with E-state index in [-0.39, 0.29) is 0 Å². The molecule has 106 valence electrons. The molecule has 3 rings (SSSR count). The molecular weight excluding hydrogens is 316 g/mol. The monoisotopic (exact) mass is 334 g/mol. The van der Waals surface area contributed by atoms with E-state index in [2.05, 4.69) is 31.9 Å². The highest BCUT2D eigenvalue weighted by Gasteiger charge is 2.28. The Morgan fingerprint density at radius 1 is 1.30 bits per heavy atom. The van der Waals surface area contributed by atoms with Crippen molar-refractivity contribution in [3.8, 4) is 0 Å². The molecule has 1 aliphatic rings. The normalized spacial score (nSPS) is 21.2. The maximum Gasteiger partial charge on any atom is 0.0917 e. The van der Waals surface area contributed by atoms with E-state index < -0.39 is 6.10 Å². The molecule has 1 saturated heterocycles. The highest BCUT2D eigenvalue weighted by molar-refractivity contribution is 9.10. The van der Waals surface area contributed by atoms with Gasteiger partial charge in [-0.1, -0.05) is 28.1 Å². The zero-order valence-corrected chi connectivity index (χ0v) is 12.9. The molecule has 4 heteroatoms. The number of H-pyrrole nitrogens is 1. The van der Waals surface area contributed by atoms with E-state index in [1.54, 1.807) is 0 Å². The number of benzene rings is 1. The van der Waals surface area contributed by atoms with Gasteiger partial charge in [0.25, 0.3) is 0 Å². The highest BCUT2D eigenvalue weighted by Crippen LogP contribution is 2.32. The Morgan fingerprint density at radius 3 is 2.80 bits per heavy atom. The Bertz CT molecular complexity index is 538. The van der Waals surface area contributed by atoms with Gasteiger partial charge in [0.15, 0.2) is 0 Å². The van der Waals surface area contributed by atoms with Gasteiger partial charge in [-0.05, 0) is 49.2 Å². The van der Waals surface area contributed by atoms with Crippen LogP contribution in [-0.4, -0.2) is 28.1 Å². The number of β-amino-alcohol motifs (C(OH)–C–C–N with tert-alkyl or cyclic N) is 1. The average molecular weight is 335 g/mol. The van der Waals surface area contributed by atoms with Crippen molar-refractivity contribution in [2.75, 3.05) is 13.1 Å². The summed E-state index contributed by atoms with van der Waals surface area (Å²) in [7, 11) is 0. The molecule has 3 nitrogen and oxygen atoms in total. The predicted molar refractivity (Wildman–Crippen MR) is 83.4 cm³/mol. The lowest BCUT2D eigenvalue weighted by atomic mass is 10.1. The molecule has 0 amide bonds. The first-order chi connectivity index (χ1) is 9.74. The predicted octanol–water partition coefficient (Wildman–Crippen LogP) is 3.65. The summed E-state index contributed by atoms with van der Waals surface area (Å²) >= 11 is 3.42. The minimum atomic E-state index is -0.432. The molecular formula is C16H19BrN2O. The van der Waals surface area contributed by atoms with Crippen LogP contribution in [0.2, 0.25) is 0 Å². The number of likely N-dealkylation sites (tertiary alicyclic amines) is 1. The second-order valence-corrected chi connectivity index (χ2v) is 6.26. The van der Waals surface area contributed by atoms with Crippen LogP contribution >= 0.6 is 15.9 Å². The summed E-state index contributed by atoms with van der Waals surface area (Å²) in [4.78, 5) is 5.67. The van der Waals surface area contributed by atoms with E-state index in [0.717, 1.165) is 23.0 Å². The van der Waals surface area contributed by atoms with Crippen molar-refractivity contribution in [3.63, 3.8) is 0 Å². The minimum Gasteiger partial charge on any atom is -0.387 e. The Balaban J connectivity index is 1.68. The quantitative estimate of drug-likeness (QED) is 0.895. The van der Waals surface area contributed by atoms with Crippen LogP contribution in [0.15, 0.2) is 47.1 Å². The van der Waals surface area contributed by atoms with Crippen LogP contribution in [0.25, 0.3) is 0 Å². The molecule has 0 bridgehead atoms. The molecule has 1 aromatic carbocycles. The van der Waals surface area contributed by atoms with Crippen molar-refractivity contribution >= 4 is 15.9 Å². The lowest BCUT2D eigenvalue weighted by molar-refractivity contribution is 0.105. The molecule has 2 N–H and O–H groups in total. The highest BCUT2D eigenvalue weighted by atomic mass is 79.9. The summed E-state index contributed by atoms with van der Waals surface area (Å²) in [5, 5.41) is 10.4. The van der Waals surface area contributed by atoms with Crippen LogP contribution < -0.4 is 0 Å². The molecule has 1 aromatic heterocycles. The fourth-order valence-corrected chi connectivity index (χ4v) is 3.23. The molecule has 0 aliphatic carbocycles. The van der Waals surface area contributed by atoms with Gasteiger partial charge in [0, 0.05) is 29.0 Å². The second kappa shape index (κ2) is 6.12. The first-order valence-corrected chi connectivity index (χ1v) is 7.84. The summed E-state index contributed by atoms with van der Waals surface area (Å²) in [6.45, 7) is 1.74. The van der Waals surface area contributed by atoms with Crippen molar-refractivity contribution in [3.05, 3.63) is 58.3 Å². The van der Waals surface area contributed by atoms with E-state index in [9.17, 15) is 5.11 Å². The number of rotatable bonds is 4. The van der Waals surface area contributed by atoms with Crippen LogP contribution in [0.1, 0.15) is 36.2 Å². The molecule has 2 heterocycles. The van der Waals surface area contributed by atoms with Gasteiger partial charge < -0.3 is 10.1 Å². The Morgan fingerprint density at radius 2 is 2.10 bits per heavy atom.